The van der Waals surface area contributed by atoms with E-state index >= 15 is 0 Å². The molecular formula is C13H24N2O. The van der Waals surface area contributed by atoms with Crippen LogP contribution in [-0.2, 0) is 4.74 Å². The molecule has 3 rings (SSSR count). The summed E-state index contributed by atoms with van der Waals surface area (Å²) in [5.41, 5.74) is 0. The molecule has 1 saturated carbocycles. The van der Waals surface area contributed by atoms with E-state index in [4.69, 9.17) is 4.74 Å². The SMILES string of the molecule is COC1CCC(NC2CCN3CCC2C3)C1. The Hall–Kier alpha value is -0.120. The van der Waals surface area contributed by atoms with Crippen LogP contribution >= 0.6 is 0 Å². The number of ether oxygens (including phenoxy) is 1. The first-order chi connectivity index (χ1) is 7.85. The van der Waals surface area contributed by atoms with Crippen molar-refractivity contribution in [3.63, 3.8) is 0 Å². The molecule has 2 heterocycles. The van der Waals surface area contributed by atoms with Crippen LogP contribution < -0.4 is 5.32 Å². The fourth-order valence-corrected chi connectivity index (χ4v) is 3.78. The summed E-state index contributed by atoms with van der Waals surface area (Å²) >= 11 is 0. The maximum Gasteiger partial charge on any atom is 0.0586 e. The molecule has 0 aromatic heterocycles. The van der Waals surface area contributed by atoms with Crippen molar-refractivity contribution in [1.29, 1.82) is 0 Å². The molecule has 0 amide bonds. The van der Waals surface area contributed by atoms with Crippen LogP contribution in [0.3, 0.4) is 0 Å². The van der Waals surface area contributed by atoms with E-state index in [2.05, 4.69) is 10.2 Å². The van der Waals surface area contributed by atoms with Crippen LogP contribution in [0, 0.1) is 5.92 Å². The van der Waals surface area contributed by atoms with Gasteiger partial charge < -0.3 is 15.0 Å². The van der Waals surface area contributed by atoms with Gasteiger partial charge in [0.2, 0.25) is 0 Å². The standard InChI is InChI=1S/C13H24N2O/c1-16-12-3-2-11(8-12)14-13-5-7-15-6-4-10(13)9-15/h10-14H,2-9H2,1H3. The fourth-order valence-electron chi connectivity index (χ4n) is 3.78. The Labute approximate surface area is 98.5 Å². The number of hydrogen-bond donors (Lipinski definition) is 1. The summed E-state index contributed by atoms with van der Waals surface area (Å²) in [5.74, 6) is 0.926. The molecule has 16 heavy (non-hydrogen) atoms. The first kappa shape index (κ1) is 11.0. The van der Waals surface area contributed by atoms with Crippen LogP contribution in [0.25, 0.3) is 0 Å². The summed E-state index contributed by atoms with van der Waals surface area (Å²) in [7, 11) is 1.85. The second-order valence-electron chi connectivity index (χ2n) is 5.78. The van der Waals surface area contributed by atoms with Crippen LogP contribution in [0.1, 0.15) is 32.1 Å². The Morgan fingerprint density at radius 3 is 2.81 bits per heavy atom. The normalized spacial score (nSPS) is 47.4. The lowest BCUT2D eigenvalue weighted by Gasteiger charge is -2.33. The van der Waals surface area contributed by atoms with Crippen molar-refractivity contribution >= 4 is 0 Å². The molecule has 3 heteroatoms. The highest BCUT2D eigenvalue weighted by atomic mass is 16.5. The Bertz CT molecular complexity index is 246. The van der Waals surface area contributed by atoms with Crippen LogP contribution in [-0.4, -0.2) is 49.8 Å². The van der Waals surface area contributed by atoms with Crippen molar-refractivity contribution < 1.29 is 4.74 Å². The van der Waals surface area contributed by atoms with Gasteiger partial charge in [-0.05, 0) is 51.1 Å². The quantitative estimate of drug-likeness (QED) is 0.780. The first-order valence-electron chi connectivity index (χ1n) is 6.86. The molecule has 5 atom stereocenters. The molecule has 3 aliphatic rings. The van der Waals surface area contributed by atoms with Gasteiger partial charge in [-0.3, -0.25) is 0 Å². The van der Waals surface area contributed by atoms with E-state index in [9.17, 15) is 0 Å². The molecule has 92 valence electrons. The minimum atomic E-state index is 0.515. The van der Waals surface area contributed by atoms with Crippen LogP contribution in [0.15, 0.2) is 0 Å². The predicted octanol–water partition coefficient (Wildman–Crippen LogP) is 1.24. The molecule has 3 fully saturated rings. The van der Waals surface area contributed by atoms with E-state index in [-0.39, 0.29) is 0 Å². The lowest BCUT2D eigenvalue weighted by atomic mass is 9.93. The van der Waals surface area contributed by atoms with E-state index in [0.29, 0.717) is 6.10 Å². The van der Waals surface area contributed by atoms with Crippen molar-refractivity contribution in [2.45, 2.75) is 50.3 Å². The number of hydrogen-bond acceptors (Lipinski definition) is 3. The Morgan fingerprint density at radius 2 is 2.00 bits per heavy atom. The minimum Gasteiger partial charge on any atom is -0.381 e. The molecule has 1 aliphatic carbocycles. The average Bonchev–Trinajstić information content (AvgIpc) is 2.89. The first-order valence-corrected chi connectivity index (χ1v) is 6.86. The van der Waals surface area contributed by atoms with E-state index in [1.165, 1.54) is 51.7 Å². The Balaban J connectivity index is 1.51. The number of piperidine rings is 1. The third-order valence-corrected chi connectivity index (χ3v) is 4.80. The zero-order chi connectivity index (χ0) is 11.0. The van der Waals surface area contributed by atoms with Gasteiger partial charge in [0.25, 0.3) is 0 Å². The molecule has 0 spiro atoms. The second kappa shape index (κ2) is 4.63. The maximum absolute atomic E-state index is 5.44. The van der Waals surface area contributed by atoms with Crippen molar-refractivity contribution in [2.75, 3.05) is 26.7 Å². The number of rotatable bonds is 3. The van der Waals surface area contributed by atoms with Gasteiger partial charge in [0.05, 0.1) is 6.10 Å². The monoisotopic (exact) mass is 224 g/mol. The maximum atomic E-state index is 5.44. The molecule has 5 unspecified atom stereocenters. The van der Waals surface area contributed by atoms with Gasteiger partial charge >= 0.3 is 0 Å². The third-order valence-electron chi connectivity index (χ3n) is 4.80. The molecule has 0 aromatic carbocycles. The number of nitrogens with one attached hydrogen (secondary N) is 1. The van der Waals surface area contributed by atoms with Gasteiger partial charge in [-0.25, -0.2) is 0 Å². The van der Waals surface area contributed by atoms with E-state index in [1.807, 2.05) is 7.11 Å². The van der Waals surface area contributed by atoms with Gasteiger partial charge in [0, 0.05) is 25.7 Å². The summed E-state index contributed by atoms with van der Waals surface area (Å²) in [6, 6.07) is 1.52. The highest BCUT2D eigenvalue weighted by Gasteiger charge is 2.36. The zero-order valence-electron chi connectivity index (χ0n) is 10.3. The van der Waals surface area contributed by atoms with Crippen molar-refractivity contribution in [2.24, 2.45) is 5.92 Å². The van der Waals surface area contributed by atoms with Crippen molar-refractivity contribution in [1.82, 2.24) is 10.2 Å². The van der Waals surface area contributed by atoms with E-state index in [0.717, 1.165) is 18.0 Å². The van der Waals surface area contributed by atoms with Crippen LogP contribution in [0.5, 0.6) is 0 Å². The predicted molar refractivity (Wildman–Crippen MR) is 64.5 cm³/mol. The van der Waals surface area contributed by atoms with Crippen LogP contribution in [0.4, 0.5) is 0 Å². The average molecular weight is 224 g/mol. The van der Waals surface area contributed by atoms with Crippen molar-refractivity contribution in [3.8, 4) is 0 Å². The highest BCUT2D eigenvalue weighted by molar-refractivity contribution is 4.93. The third kappa shape index (κ3) is 2.13. The molecular weight excluding hydrogens is 200 g/mol. The molecule has 0 radical (unpaired) electrons. The molecule has 2 aliphatic heterocycles. The van der Waals surface area contributed by atoms with Gasteiger partial charge in [-0.2, -0.15) is 0 Å². The van der Waals surface area contributed by atoms with Crippen molar-refractivity contribution in [3.05, 3.63) is 0 Å². The second-order valence-corrected chi connectivity index (χ2v) is 5.78. The number of nitrogens with zero attached hydrogens (tertiary/aromatic N) is 1. The smallest absolute Gasteiger partial charge is 0.0586 e. The summed E-state index contributed by atoms with van der Waals surface area (Å²) in [4.78, 5) is 2.62. The summed E-state index contributed by atoms with van der Waals surface area (Å²) < 4.78 is 5.44. The van der Waals surface area contributed by atoms with Gasteiger partial charge in [0.1, 0.15) is 0 Å². The largest absolute Gasteiger partial charge is 0.381 e. The Morgan fingerprint density at radius 1 is 1.12 bits per heavy atom. The molecule has 2 saturated heterocycles. The molecule has 0 aromatic rings. The van der Waals surface area contributed by atoms with Crippen LogP contribution in [0.2, 0.25) is 0 Å². The summed E-state index contributed by atoms with van der Waals surface area (Å²) in [6.45, 7) is 4.00. The van der Waals surface area contributed by atoms with Gasteiger partial charge in [0.15, 0.2) is 0 Å². The van der Waals surface area contributed by atoms with Gasteiger partial charge in [-0.15, -0.1) is 0 Å². The topological polar surface area (TPSA) is 24.5 Å². The van der Waals surface area contributed by atoms with Gasteiger partial charge in [-0.1, -0.05) is 0 Å². The minimum absolute atomic E-state index is 0.515. The summed E-state index contributed by atoms with van der Waals surface area (Å²) in [6.07, 6.45) is 7.07. The summed E-state index contributed by atoms with van der Waals surface area (Å²) in [5, 5.41) is 3.90. The lowest BCUT2D eigenvalue weighted by molar-refractivity contribution is 0.105. The zero-order valence-corrected chi connectivity index (χ0v) is 10.3. The fraction of sp³-hybridized carbons (Fsp3) is 1.00. The molecule has 3 nitrogen and oxygen atoms in total. The van der Waals surface area contributed by atoms with E-state index < -0.39 is 0 Å². The molecule has 2 bridgehead atoms. The molecule has 1 N–H and O–H groups in total. The Kier molecular flexibility index (Phi) is 3.18. The van der Waals surface area contributed by atoms with E-state index in [1.54, 1.807) is 0 Å². The lowest BCUT2D eigenvalue weighted by Crippen LogP contribution is -2.47. The number of methoxy groups -OCH3 is 1. The number of fused-ring (bicyclic) bond motifs is 2. The highest BCUT2D eigenvalue weighted by Crippen LogP contribution is 2.29.